The molecule has 0 atom stereocenters. The van der Waals surface area contributed by atoms with Gasteiger partial charge in [0, 0.05) is 22.5 Å². The molecule has 0 aliphatic rings. The largest absolute Gasteiger partial charge is 0.398 e. The van der Waals surface area contributed by atoms with Crippen molar-refractivity contribution < 1.29 is 0 Å². The van der Waals surface area contributed by atoms with Crippen LogP contribution in [0.5, 0.6) is 0 Å². The second-order valence-electron chi connectivity index (χ2n) is 4.10. The van der Waals surface area contributed by atoms with Crippen molar-refractivity contribution in [1.82, 2.24) is 4.98 Å². The Hall–Kier alpha value is -1.48. The number of nitrogens with zero attached hydrogens (tertiary/aromatic N) is 1. The molecule has 3 heteroatoms. The van der Waals surface area contributed by atoms with E-state index in [2.05, 4.69) is 30.1 Å². The fourth-order valence-electron chi connectivity index (χ4n) is 1.61. The molecule has 0 aliphatic carbocycles. The molecule has 0 saturated heterocycles. The molecule has 1 aromatic heterocycles. The fraction of sp³-hybridized carbons (Fsp3) is 0.214. The minimum atomic E-state index is 0.851. The third-order valence-electron chi connectivity index (χ3n) is 2.65. The number of anilines is 1. The van der Waals surface area contributed by atoms with Crippen LogP contribution < -0.4 is 5.73 Å². The van der Waals surface area contributed by atoms with Gasteiger partial charge in [-0.2, -0.15) is 0 Å². The lowest BCUT2D eigenvalue weighted by Crippen LogP contribution is -1.93. The summed E-state index contributed by atoms with van der Waals surface area (Å²) in [7, 11) is 0. The van der Waals surface area contributed by atoms with Crippen molar-refractivity contribution in [2.75, 3.05) is 5.73 Å². The molecule has 0 aliphatic heterocycles. The Labute approximate surface area is 106 Å². The third-order valence-corrected chi connectivity index (χ3v) is 3.75. The summed E-state index contributed by atoms with van der Waals surface area (Å²) in [5.41, 5.74) is 10.4. The van der Waals surface area contributed by atoms with Crippen molar-refractivity contribution in [3.05, 3.63) is 53.3 Å². The number of nitrogens with two attached hydrogens (primary N) is 1. The van der Waals surface area contributed by atoms with Gasteiger partial charge in [-0.05, 0) is 43.2 Å². The van der Waals surface area contributed by atoms with E-state index in [1.165, 1.54) is 11.1 Å². The zero-order valence-electron chi connectivity index (χ0n) is 10.1. The van der Waals surface area contributed by atoms with Gasteiger partial charge in [0.1, 0.15) is 0 Å². The summed E-state index contributed by atoms with van der Waals surface area (Å²) in [5, 5.41) is 0. The number of aryl methyl sites for hydroxylation is 2. The van der Waals surface area contributed by atoms with E-state index < -0.39 is 0 Å². The van der Waals surface area contributed by atoms with Gasteiger partial charge < -0.3 is 5.73 Å². The maximum atomic E-state index is 5.98. The van der Waals surface area contributed by atoms with Gasteiger partial charge in [-0.3, -0.25) is 4.98 Å². The Morgan fingerprint density at radius 3 is 2.76 bits per heavy atom. The maximum Gasteiger partial charge on any atom is 0.0535 e. The van der Waals surface area contributed by atoms with Crippen LogP contribution in [0.15, 0.2) is 41.4 Å². The predicted octanol–water partition coefficient (Wildman–Crippen LogP) is 3.57. The van der Waals surface area contributed by atoms with Gasteiger partial charge in [0.15, 0.2) is 0 Å². The Morgan fingerprint density at radius 2 is 2.06 bits per heavy atom. The number of hydrogen-bond donors (Lipinski definition) is 1. The molecule has 1 aromatic carbocycles. The van der Waals surface area contributed by atoms with Gasteiger partial charge in [0.2, 0.25) is 0 Å². The molecule has 0 spiro atoms. The molecule has 0 amide bonds. The Balaban J connectivity index is 2.10. The van der Waals surface area contributed by atoms with Crippen LogP contribution in [-0.4, -0.2) is 4.98 Å². The number of benzene rings is 1. The molecule has 2 aromatic rings. The van der Waals surface area contributed by atoms with Crippen LogP contribution in [-0.2, 0) is 5.75 Å². The molecule has 0 unspecified atom stereocenters. The van der Waals surface area contributed by atoms with Crippen molar-refractivity contribution in [3.63, 3.8) is 0 Å². The lowest BCUT2D eigenvalue weighted by molar-refractivity contribution is 1.13. The standard InChI is InChI=1S/C14H16N2S/c1-10-5-6-14(12(15)8-10)17-9-13-11(2)4-3-7-16-13/h3-8H,9,15H2,1-2H3. The second-order valence-corrected chi connectivity index (χ2v) is 5.11. The summed E-state index contributed by atoms with van der Waals surface area (Å²) in [6.07, 6.45) is 1.83. The van der Waals surface area contributed by atoms with Crippen LogP contribution in [0.1, 0.15) is 16.8 Å². The van der Waals surface area contributed by atoms with E-state index in [1.54, 1.807) is 11.8 Å². The first-order chi connectivity index (χ1) is 8.16. The van der Waals surface area contributed by atoms with E-state index in [-0.39, 0.29) is 0 Å². The van der Waals surface area contributed by atoms with Crippen molar-refractivity contribution in [2.45, 2.75) is 24.5 Å². The molecule has 2 rings (SSSR count). The van der Waals surface area contributed by atoms with Crippen LogP contribution in [0.4, 0.5) is 5.69 Å². The smallest absolute Gasteiger partial charge is 0.0535 e. The average molecular weight is 244 g/mol. The van der Waals surface area contributed by atoms with E-state index in [0.29, 0.717) is 0 Å². The summed E-state index contributed by atoms with van der Waals surface area (Å²) in [5.74, 6) is 0.861. The monoisotopic (exact) mass is 244 g/mol. The summed E-state index contributed by atoms with van der Waals surface area (Å²) < 4.78 is 0. The molecule has 0 radical (unpaired) electrons. The number of thioether (sulfide) groups is 1. The molecular formula is C14H16N2S. The Morgan fingerprint density at radius 1 is 1.24 bits per heavy atom. The number of pyridine rings is 1. The van der Waals surface area contributed by atoms with Gasteiger partial charge in [0.05, 0.1) is 5.69 Å². The van der Waals surface area contributed by atoms with Crippen molar-refractivity contribution in [1.29, 1.82) is 0 Å². The van der Waals surface area contributed by atoms with E-state index in [9.17, 15) is 0 Å². The minimum Gasteiger partial charge on any atom is -0.398 e. The molecule has 17 heavy (non-hydrogen) atoms. The van der Waals surface area contributed by atoms with Gasteiger partial charge in [0.25, 0.3) is 0 Å². The second kappa shape index (κ2) is 5.23. The number of hydrogen-bond acceptors (Lipinski definition) is 3. The molecule has 88 valence electrons. The number of aromatic nitrogens is 1. The summed E-state index contributed by atoms with van der Waals surface area (Å²) >= 11 is 1.74. The SMILES string of the molecule is Cc1ccc(SCc2ncccc2C)c(N)c1. The quantitative estimate of drug-likeness (QED) is 0.662. The van der Waals surface area contributed by atoms with Gasteiger partial charge in [-0.15, -0.1) is 11.8 Å². The van der Waals surface area contributed by atoms with E-state index in [1.807, 2.05) is 25.3 Å². The van der Waals surface area contributed by atoms with Crippen LogP contribution in [0, 0.1) is 13.8 Å². The van der Waals surface area contributed by atoms with E-state index in [4.69, 9.17) is 5.73 Å². The van der Waals surface area contributed by atoms with Crippen LogP contribution in [0.25, 0.3) is 0 Å². The highest BCUT2D eigenvalue weighted by Crippen LogP contribution is 2.28. The lowest BCUT2D eigenvalue weighted by atomic mass is 10.2. The topological polar surface area (TPSA) is 38.9 Å². The predicted molar refractivity (Wildman–Crippen MR) is 74.1 cm³/mol. The van der Waals surface area contributed by atoms with Gasteiger partial charge >= 0.3 is 0 Å². The summed E-state index contributed by atoms with van der Waals surface area (Å²) in [4.78, 5) is 5.50. The molecule has 0 bridgehead atoms. The number of nitrogen functional groups attached to an aromatic ring is 1. The van der Waals surface area contributed by atoms with Crippen molar-refractivity contribution in [3.8, 4) is 0 Å². The Bertz CT molecular complexity index is 523. The first-order valence-electron chi connectivity index (χ1n) is 5.56. The highest BCUT2D eigenvalue weighted by Gasteiger charge is 2.03. The normalized spacial score (nSPS) is 10.5. The molecule has 2 nitrogen and oxygen atoms in total. The van der Waals surface area contributed by atoms with E-state index >= 15 is 0 Å². The minimum absolute atomic E-state index is 0.851. The molecule has 2 N–H and O–H groups in total. The third kappa shape index (κ3) is 3.01. The highest BCUT2D eigenvalue weighted by molar-refractivity contribution is 7.98. The average Bonchev–Trinajstić information content (AvgIpc) is 2.30. The first-order valence-corrected chi connectivity index (χ1v) is 6.55. The molecule has 0 saturated carbocycles. The molecular weight excluding hydrogens is 228 g/mol. The first kappa shape index (κ1) is 12.0. The molecule has 0 fully saturated rings. The summed E-state index contributed by atoms with van der Waals surface area (Å²) in [6, 6.07) is 10.2. The lowest BCUT2D eigenvalue weighted by Gasteiger charge is -2.07. The van der Waals surface area contributed by atoms with E-state index in [0.717, 1.165) is 22.0 Å². The number of rotatable bonds is 3. The van der Waals surface area contributed by atoms with Crippen LogP contribution in [0.2, 0.25) is 0 Å². The highest BCUT2D eigenvalue weighted by atomic mass is 32.2. The Kier molecular flexibility index (Phi) is 3.69. The van der Waals surface area contributed by atoms with Crippen molar-refractivity contribution in [2.24, 2.45) is 0 Å². The molecule has 1 heterocycles. The zero-order valence-corrected chi connectivity index (χ0v) is 10.9. The van der Waals surface area contributed by atoms with Gasteiger partial charge in [-0.25, -0.2) is 0 Å². The zero-order chi connectivity index (χ0) is 12.3. The van der Waals surface area contributed by atoms with Crippen molar-refractivity contribution >= 4 is 17.4 Å². The van der Waals surface area contributed by atoms with Crippen LogP contribution >= 0.6 is 11.8 Å². The summed E-state index contributed by atoms with van der Waals surface area (Å²) in [6.45, 7) is 4.13. The maximum absolute atomic E-state index is 5.98. The van der Waals surface area contributed by atoms with Gasteiger partial charge in [-0.1, -0.05) is 12.1 Å². The fourth-order valence-corrected chi connectivity index (χ4v) is 2.60. The van der Waals surface area contributed by atoms with Crippen LogP contribution in [0.3, 0.4) is 0 Å².